The lowest BCUT2D eigenvalue weighted by Gasteiger charge is -2.44. The van der Waals surface area contributed by atoms with Gasteiger partial charge in [0.05, 0.1) is 13.0 Å². The molecule has 3 aliphatic rings. The maximum atomic E-state index is 13.1. The zero-order valence-electron chi connectivity index (χ0n) is 18.9. The number of carbonyl (C=O) groups excluding carboxylic acids is 2. The number of para-hydroxylation sites is 1. The number of benzene rings is 1. The Morgan fingerprint density at radius 1 is 1.13 bits per heavy atom. The van der Waals surface area contributed by atoms with Crippen LogP contribution in [0.2, 0.25) is 0 Å². The van der Waals surface area contributed by atoms with Gasteiger partial charge in [0.1, 0.15) is 5.75 Å². The van der Waals surface area contributed by atoms with E-state index >= 15 is 0 Å². The van der Waals surface area contributed by atoms with Crippen molar-refractivity contribution in [1.82, 2.24) is 15.1 Å². The van der Waals surface area contributed by atoms with Crippen molar-refractivity contribution in [2.24, 2.45) is 5.92 Å². The van der Waals surface area contributed by atoms with Crippen LogP contribution in [0.3, 0.4) is 0 Å². The Kier molecular flexibility index (Phi) is 7.16. The fourth-order valence-electron chi connectivity index (χ4n) is 5.72. The Morgan fingerprint density at radius 2 is 1.87 bits per heavy atom. The van der Waals surface area contributed by atoms with Crippen molar-refractivity contribution in [3.05, 3.63) is 29.8 Å². The van der Waals surface area contributed by atoms with E-state index in [0.29, 0.717) is 25.9 Å². The number of nitrogens with one attached hydrogen (secondary N) is 1. The number of likely N-dealkylation sites (tertiary alicyclic amines) is 2. The van der Waals surface area contributed by atoms with Crippen LogP contribution >= 0.6 is 0 Å². The maximum absolute atomic E-state index is 13.1. The first-order chi connectivity index (χ1) is 15.1. The van der Waals surface area contributed by atoms with Gasteiger partial charge in [0.2, 0.25) is 11.8 Å². The number of methoxy groups -OCH3 is 1. The molecule has 2 heterocycles. The summed E-state index contributed by atoms with van der Waals surface area (Å²) in [4.78, 5) is 30.1. The van der Waals surface area contributed by atoms with Gasteiger partial charge in [-0.05, 0) is 51.3 Å². The summed E-state index contributed by atoms with van der Waals surface area (Å²) in [5.74, 6) is 0.884. The first-order valence-corrected chi connectivity index (χ1v) is 12.0. The van der Waals surface area contributed by atoms with Gasteiger partial charge in [0, 0.05) is 37.2 Å². The molecule has 2 aliphatic heterocycles. The molecule has 0 radical (unpaired) electrons. The number of ether oxygens (including phenoxy) is 1. The fourth-order valence-corrected chi connectivity index (χ4v) is 5.72. The molecule has 0 bridgehead atoms. The highest BCUT2D eigenvalue weighted by molar-refractivity contribution is 5.83. The fraction of sp³-hybridized carbons (Fsp3) is 0.680. The van der Waals surface area contributed by atoms with Gasteiger partial charge >= 0.3 is 0 Å². The van der Waals surface area contributed by atoms with E-state index in [9.17, 15) is 9.59 Å². The van der Waals surface area contributed by atoms with Gasteiger partial charge in [-0.1, -0.05) is 37.5 Å². The molecule has 0 aromatic heterocycles. The predicted octanol–water partition coefficient (Wildman–Crippen LogP) is 3.35. The summed E-state index contributed by atoms with van der Waals surface area (Å²) >= 11 is 0. The van der Waals surface area contributed by atoms with Crippen molar-refractivity contribution in [2.45, 2.75) is 69.9 Å². The lowest BCUT2D eigenvalue weighted by molar-refractivity contribution is -0.139. The summed E-state index contributed by atoms with van der Waals surface area (Å²) in [6, 6.07) is 7.78. The number of hydrogen-bond donors (Lipinski definition) is 1. The van der Waals surface area contributed by atoms with E-state index in [1.54, 1.807) is 7.11 Å². The van der Waals surface area contributed by atoms with E-state index in [0.717, 1.165) is 17.9 Å². The Hall–Kier alpha value is -2.08. The van der Waals surface area contributed by atoms with Crippen LogP contribution in [0.15, 0.2) is 24.3 Å². The lowest BCUT2D eigenvalue weighted by Crippen LogP contribution is -2.56. The molecule has 3 fully saturated rings. The molecule has 31 heavy (non-hydrogen) atoms. The van der Waals surface area contributed by atoms with E-state index < -0.39 is 0 Å². The molecule has 1 atom stereocenters. The predicted molar refractivity (Wildman–Crippen MR) is 121 cm³/mol. The number of piperidine rings is 2. The van der Waals surface area contributed by atoms with Crippen molar-refractivity contribution in [3.63, 3.8) is 0 Å². The van der Waals surface area contributed by atoms with Gasteiger partial charge in [-0.15, -0.1) is 0 Å². The van der Waals surface area contributed by atoms with Gasteiger partial charge < -0.3 is 15.0 Å². The molecule has 2 saturated heterocycles. The molecule has 1 unspecified atom stereocenters. The zero-order valence-corrected chi connectivity index (χ0v) is 18.9. The number of amides is 2. The third-order valence-corrected chi connectivity index (χ3v) is 7.58. The second-order valence-electron chi connectivity index (χ2n) is 9.52. The highest BCUT2D eigenvalue weighted by atomic mass is 16.5. The third-order valence-electron chi connectivity index (χ3n) is 7.58. The van der Waals surface area contributed by atoms with E-state index in [1.807, 2.05) is 29.2 Å². The van der Waals surface area contributed by atoms with Crippen LogP contribution in [0.1, 0.15) is 63.4 Å². The molecule has 6 heteroatoms. The van der Waals surface area contributed by atoms with Crippen LogP contribution < -0.4 is 10.1 Å². The minimum absolute atomic E-state index is 0.112. The van der Waals surface area contributed by atoms with Crippen LogP contribution in [-0.4, -0.2) is 60.4 Å². The van der Waals surface area contributed by atoms with Crippen LogP contribution in [-0.2, 0) is 16.1 Å². The zero-order chi connectivity index (χ0) is 21.7. The molecule has 170 valence electrons. The average molecular weight is 428 g/mol. The van der Waals surface area contributed by atoms with Crippen LogP contribution in [0.4, 0.5) is 0 Å². The molecule has 0 spiro atoms. The largest absolute Gasteiger partial charge is 0.496 e. The Bertz CT molecular complexity index is 769. The molecule has 1 aliphatic carbocycles. The Balaban J connectivity index is 1.36. The molecule has 1 aromatic rings. The smallest absolute Gasteiger partial charge is 0.224 e. The molecular formula is C25H37N3O3. The van der Waals surface area contributed by atoms with Crippen molar-refractivity contribution in [1.29, 1.82) is 0 Å². The first kappa shape index (κ1) is 22.1. The number of hydrogen-bond acceptors (Lipinski definition) is 4. The maximum Gasteiger partial charge on any atom is 0.224 e. The molecule has 6 nitrogen and oxygen atoms in total. The Labute approximate surface area is 186 Å². The molecule has 4 rings (SSSR count). The van der Waals surface area contributed by atoms with Gasteiger partial charge in [-0.3, -0.25) is 14.5 Å². The summed E-state index contributed by atoms with van der Waals surface area (Å²) in [5.41, 5.74) is 1.13. The summed E-state index contributed by atoms with van der Waals surface area (Å²) < 4.78 is 5.44. The summed E-state index contributed by atoms with van der Waals surface area (Å²) in [6.07, 6.45) is 9.86. The van der Waals surface area contributed by atoms with Crippen molar-refractivity contribution >= 4 is 11.8 Å². The highest BCUT2D eigenvalue weighted by Crippen LogP contribution is 2.36. The van der Waals surface area contributed by atoms with Gasteiger partial charge in [0.15, 0.2) is 0 Å². The standard InChI is InChI=1S/C25H37N3O3/c1-31-22-10-4-3-9-20(22)17-27-18-21(11-12-23(27)29)24(30)26-19-25(13-5-6-14-25)28-15-7-2-8-16-28/h3-4,9-10,21H,2,5-8,11-19H2,1H3,(H,26,30). The second-order valence-corrected chi connectivity index (χ2v) is 9.52. The molecule has 1 saturated carbocycles. The summed E-state index contributed by atoms with van der Waals surface area (Å²) in [6.45, 7) is 4.06. The third kappa shape index (κ3) is 5.05. The number of carbonyl (C=O) groups is 2. The minimum Gasteiger partial charge on any atom is -0.496 e. The number of rotatable bonds is 7. The van der Waals surface area contributed by atoms with Crippen molar-refractivity contribution in [3.8, 4) is 5.75 Å². The van der Waals surface area contributed by atoms with E-state index in [-0.39, 0.29) is 23.3 Å². The van der Waals surface area contributed by atoms with Crippen molar-refractivity contribution in [2.75, 3.05) is 33.3 Å². The first-order valence-electron chi connectivity index (χ1n) is 12.0. The quantitative estimate of drug-likeness (QED) is 0.725. The summed E-state index contributed by atoms with van der Waals surface area (Å²) in [5, 5.41) is 3.31. The van der Waals surface area contributed by atoms with E-state index in [4.69, 9.17) is 4.74 Å². The lowest BCUT2D eigenvalue weighted by atomic mass is 9.91. The Morgan fingerprint density at radius 3 is 2.61 bits per heavy atom. The monoisotopic (exact) mass is 427 g/mol. The highest BCUT2D eigenvalue weighted by Gasteiger charge is 2.41. The second kappa shape index (κ2) is 10.0. The van der Waals surface area contributed by atoms with E-state index in [2.05, 4.69) is 10.2 Å². The van der Waals surface area contributed by atoms with Gasteiger partial charge in [-0.25, -0.2) is 0 Å². The van der Waals surface area contributed by atoms with Crippen molar-refractivity contribution < 1.29 is 14.3 Å². The average Bonchev–Trinajstić information content (AvgIpc) is 3.30. The number of nitrogens with zero attached hydrogens (tertiary/aromatic N) is 2. The van der Waals surface area contributed by atoms with Crippen LogP contribution in [0.5, 0.6) is 5.75 Å². The van der Waals surface area contributed by atoms with Gasteiger partial charge in [0.25, 0.3) is 0 Å². The molecule has 1 N–H and O–H groups in total. The minimum atomic E-state index is -0.132. The van der Waals surface area contributed by atoms with Crippen LogP contribution in [0, 0.1) is 5.92 Å². The topological polar surface area (TPSA) is 61.9 Å². The molecule has 1 aromatic carbocycles. The molecule has 2 amide bonds. The molecular weight excluding hydrogens is 390 g/mol. The SMILES string of the molecule is COc1ccccc1CN1CC(C(=O)NCC2(N3CCCCC3)CCCC2)CCC1=O. The normalized spacial score (nSPS) is 24.2. The summed E-state index contributed by atoms with van der Waals surface area (Å²) in [7, 11) is 1.65. The van der Waals surface area contributed by atoms with E-state index in [1.165, 1.54) is 58.0 Å². The van der Waals surface area contributed by atoms with Gasteiger partial charge in [-0.2, -0.15) is 0 Å². The van der Waals surface area contributed by atoms with Crippen LogP contribution in [0.25, 0.3) is 0 Å².